The Kier molecular flexibility index (Phi) is 5.53. The molecule has 0 radical (unpaired) electrons. The van der Waals surface area contributed by atoms with Crippen LogP contribution in [0.15, 0.2) is 59.9 Å². The lowest BCUT2D eigenvalue weighted by Gasteiger charge is -2.10. The topological polar surface area (TPSA) is 84.8 Å². The van der Waals surface area contributed by atoms with Crippen molar-refractivity contribution >= 4 is 34.3 Å². The van der Waals surface area contributed by atoms with Gasteiger partial charge in [0.1, 0.15) is 5.75 Å². The SMILES string of the molecule is CCn1c(SCC(=O)Nc2ccccc2OC)nnc1-c1c[nH]c2ccccc12. The number of methoxy groups -OCH3 is 1. The van der Waals surface area contributed by atoms with Crippen LogP contribution >= 0.6 is 11.8 Å². The molecule has 148 valence electrons. The number of hydrogen-bond donors (Lipinski definition) is 2. The van der Waals surface area contributed by atoms with Gasteiger partial charge in [0.25, 0.3) is 0 Å². The van der Waals surface area contributed by atoms with Gasteiger partial charge in [-0.2, -0.15) is 0 Å². The van der Waals surface area contributed by atoms with E-state index >= 15 is 0 Å². The van der Waals surface area contributed by atoms with Crippen molar-refractivity contribution < 1.29 is 9.53 Å². The van der Waals surface area contributed by atoms with E-state index in [0.717, 1.165) is 22.3 Å². The van der Waals surface area contributed by atoms with E-state index in [1.165, 1.54) is 11.8 Å². The molecule has 8 heteroatoms. The third kappa shape index (κ3) is 3.84. The second kappa shape index (κ2) is 8.40. The predicted octanol–water partition coefficient (Wildman–Crippen LogP) is 4.19. The van der Waals surface area contributed by atoms with Crippen molar-refractivity contribution in [2.45, 2.75) is 18.6 Å². The highest BCUT2D eigenvalue weighted by atomic mass is 32.2. The highest BCUT2D eigenvalue weighted by molar-refractivity contribution is 7.99. The van der Waals surface area contributed by atoms with Crippen molar-refractivity contribution in [3.63, 3.8) is 0 Å². The quantitative estimate of drug-likeness (QED) is 0.449. The summed E-state index contributed by atoms with van der Waals surface area (Å²) in [4.78, 5) is 15.7. The van der Waals surface area contributed by atoms with E-state index in [-0.39, 0.29) is 11.7 Å². The molecule has 0 atom stereocenters. The van der Waals surface area contributed by atoms with Crippen molar-refractivity contribution in [2.75, 3.05) is 18.2 Å². The summed E-state index contributed by atoms with van der Waals surface area (Å²) >= 11 is 1.36. The van der Waals surface area contributed by atoms with E-state index in [1.54, 1.807) is 7.11 Å². The average molecular weight is 407 g/mol. The summed E-state index contributed by atoms with van der Waals surface area (Å²) in [6.45, 7) is 2.75. The molecule has 0 aliphatic rings. The normalized spacial score (nSPS) is 11.0. The third-order valence-corrected chi connectivity index (χ3v) is 5.54. The molecule has 0 saturated carbocycles. The van der Waals surface area contributed by atoms with Gasteiger partial charge < -0.3 is 19.6 Å². The Morgan fingerprint density at radius 1 is 1.17 bits per heavy atom. The van der Waals surface area contributed by atoms with E-state index < -0.39 is 0 Å². The Bertz CT molecular complexity index is 1150. The summed E-state index contributed by atoms with van der Waals surface area (Å²) in [5.41, 5.74) is 2.70. The summed E-state index contributed by atoms with van der Waals surface area (Å²) in [6.07, 6.45) is 1.95. The predicted molar refractivity (Wildman–Crippen MR) is 115 cm³/mol. The third-order valence-electron chi connectivity index (χ3n) is 4.58. The largest absolute Gasteiger partial charge is 0.495 e. The molecule has 1 amide bonds. The molecule has 0 unspecified atom stereocenters. The Morgan fingerprint density at radius 3 is 2.79 bits per heavy atom. The number of benzene rings is 2. The van der Waals surface area contributed by atoms with Gasteiger partial charge in [-0.3, -0.25) is 4.79 Å². The Morgan fingerprint density at radius 2 is 1.97 bits per heavy atom. The molecule has 29 heavy (non-hydrogen) atoms. The molecule has 0 saturated heterocycles. The average Bonchev–Trinajstić information content (AvgIpc) is 3.36. The number of aromatic nitrogens is 4. The number of carbonyl (C=O) groups is 1. The Labute approximate surface area is 172 Å². The van der Waals surface area contributed by atoms with Crippen LogP contribution < -0.4 is 10.1 Å². The first kappa shape index (κ1) is 19.1. The smallest absolute Gasteiger partial charge is 0.234 e. The van der Waals surface area contributed by atoms with Crippen LogP contribution in [0.3, 0.4) is 0 Å². The molecule has 7 nitrogen and oxygen atoms in total. The maximum atomic E-state index is 12.4. The molecular formula is C21H21N5O2S. The van der Waals surface area contributed by atoms with Gasteiger partial charge in [-0.15, -0.1) is 10.2 Å². The van der Waals surface area contributed by atoms with Crippen LogP contribution in [0.25, 0.3) is 22.3 Å². The van der Waals surface area contributed by atoms with Crippen molar-refractivity contribution in [3.8, 4) is 17.1 Å². The molecule has 2 heterocycles. The number of amides is 1. The molecule has 0 spiro atoms. The molecule has 2 aromatic carbocycles. The number of H-pyrrole nitrogens is 1. The zero-order chi connectivity index (χ0) is 20.2. The molecular weight excluding hydrogens is 386 g/mol. The molecule has 0 aliphatic carbocycles. The Hall–Kier alpha value is -3.26. The van der Waals surface area contributed by atoms with E-state index in [0.29, 0.717) is 23.1 Å². The zero-order valence-electron chi connectivity index (χ0n) is 16.2. The highest BCUT2D eigenvalue weighted by Crippen LogP contribution is 2.30. The van der Waals surface area contributed by atoms with Crippen LogP contribution in [-0.4, -0.2) is 38.5 Å². The lowest BCUT2D eigenvalue weighted by molar-refractivity contribution is -0.113. The second-order valence-electron chi connectivity index (χ2n) is 6.34. The number of rotatable bonds is 7. The van der Waals surface area contributed by atoms with Gasteiger partial charge in [-0.25, -0.2) is 0 Å². The minimum Gasteiger partial charge on any atom is -0.495 e. The zero-order valence-corrected chi connectivity index (χ0v) is 17.0. The maximum absolute atomic E-state index is 12.4. The summed E-state index contributed by atoms with van der Waals surface area (Å²) in [5, 5.41) is 13.4. The number of nitrogens with one attached hydrogen (secondary N) is 2. The van der Waals surface area contributed by atoms with Crippen LogP contribution in [0, 0.1) is 0 Å². The summed E-state index contributed by atoms with van der Waals surface area (Å²) in [5.74, 6) is 1.52. The number of hydrogen-bond acceptors (Lipinski definition) is 5. The monoisotopic (exact) mass is 407 g/mol. The highest BCUT2D eigenvalue weighted by Gasteiger charge is 2.17. The van der Waals surface area contributed by atoms with Crippen molar-refractivity contribution in [1.29, 1.82) is 0 Å². The molecule has 2 aromatic heterocycles. The molecule has 0 bridgehead atoms. The summed E-state index contributed by atoms with van der Waals surface area (Å²) < 4.78 is 7.30. The van der Waals surface area contributed by atoms with Crippen LogP contribution in [-0.2, 0) is 11.3 Å². The summed E-state index contributed by atoms with van der Waals surface area (Å²) in [6, 6.07) is 15.4. The van der Waals surface area contributed by atoms with Gasteiger partial charge in [0.15, 0.2) is 11.0 Å². The standard InChI is InChI=1S/C21H21N5O2S/c1-3-26-20(15-12-22-16-9-5-4-8-14(15)16)24-25-21(26)29-13-19(27)23-17-10-6-7-11-18(17)28-2/h4-12,22H,3,13H2,1-2H3,(H,23,27). The van der Waals surface area contributed by atoms with Gasteiger partial charge in [0.2, 0.25) is 5.91 Å². The van der Waals surface area contributed by atoms with E-state index in [9.17, 15) is 4.79 Å². The van der Waals surface area contributed by atoms with E-state index in [4.69, 9.17) is 4.74 Å². The number of aromatic amines is 1. The van der Waals surface area contributed by atoms with Crippen molar-refractivity contribution in [2.24, 2.45) is 0 Å². The first-order valence-corrected chi connectivity index (χ1v) is 10.2. The molecule has 0 fully saturated rings. The van der Waals surface area contributed by atoms with Crippen LogP contribution in [0.1, 0.15) is 6.92 Å². The van der Waals surface area contributed by atoms with Crippen LogP contribution in [0.4, 0.5) is 5.69 Å². The van der Waals surface area contributed by atoms with E-state index in [1.807, 2.05) is 60.2 Å². The van der Waals surface area contributed by atoms with Gasteiger partial charge in [0, 0.05) is 29.2 Å². The first-order valence-electron chi connectivity index (χ1n) is 9.26. The number of nitrogens with zero attached hydrogens (tertiary/aromatic N) is 3. The molecule has 0 aliphatic heterocycles. The lowest BCUT2D eigenvalue weighted by Crippen LogP contribution is -2.15. The van der Waals surface area contributed by atoms with Gasteiger partial charge in [-0.1, -0.05) is 42.1 Å². The molecule has 4 aromatic rings. The molecule has 4 rings (SSSR count). The lowest BCUT2D eigenvalue weighted by atomic mass is 10.1. The van der Waals surface area contributed by atoms with E-state index in [2.05, 4.69) is 26.6 Å². The number of ether oxygens (including phenoxy) is 1. The first-order chi connectivity index (χ1) is 14.2. The van der Waals surface area contributed by atoms with Crippen molar-refractivity contribution in [1.82, 2.24) is 19.7 Å². The number of carbonyl (C=O) groups excluding carboxylic acids is 1. The van der Waals surface area contributed by atoms with Gasteiger partial charge >= 0.3 is 0 Å². The fourth-order valence-corrected chi connectivity index (χ4v) is 4.00. The van der Waals surface area contributed by atoms with Gasteiger partial charge in [0.05, 0.1) is 18.6 Å². The fourth-order valence-electron chi connectivity index (χ4n) is 3.20. The summed E-state index contributed by atoms with van der Waals surface area (Å²) in [7, 11) is 1.58. The van der Waals surface area contributed by atoms with Gasteiger partial charge in [-0.05, 0) is 25.1 Å². The number of anilines is 1. The minimum atomic E-state index is -0.126. The number of thioether (sulfide) groups is 1. The minimum absolute atomic E-state index is 0.126. The van der Waals surface area contributed by atoms with Crippen molar-refractivity contribution in [3.05, 3.63) is 54.7 Å². The molecule has 2 N–H and O–H groups in total. The van der Waals surface area contributed by atoms with Crippen LogP contribution in [0.2, 0.25) is 0 Å². The second-order valence-corrected chi connectivity index (χ2v) is 7.28. The van der Waals surface area contributed by atoms with Crippen LogP contribution in [0.5, 0.6) is 5.75 Å². The Balaban J connectivity index is 1.51. The number of fused-ring (bicyclic) bond motifs is 1. The maximum Gasteiger partial charge on any atom is 0.234 e. The number of para-hydroxylation sites is 3. The fraction of sp³-hybridized carbons (Fsp3) is 0.190.